The minimum Gasteiger partial charge on any atom is -0.345 e. The van der Waals surface area contributed by atoms with Crippen molar-refractivity contribution < 1.29 is 0 Å². The van der Waals surface area contributed by atoms with E-state index in [0.717, 1.165) is 0 Å². The van der Waals surface area contributed by atoms with Crippen molar-refractivity contribution in [2.45, 2.75) is 51.9 Å². The van der Waals surface area contributed by atoms with Gasteiger partial charge in [0.2, 0.25) is 7.41 Å². The van der Waals surface area contributed by atoms with E-state index in [0.29, 0.717) is 5.54 Å². The van der Waals surface area contributed by atoms with Crippen LogP contribution in [0.25, 0.3) is 0 Å². The van der Waals surface area contributed by atoms with Crippen LogP contribution < -0.4 is 0 Å². The number of likely N-dealkylation sites (N-methyl/N-ethyl adjacent to an activating group) is 1. The summed E-state index contributed by atoms with van der Waals surface area (Å²) in [6.07, 6.45) is 5.70. The molecule has 2 aliphatic rings. The molecule has 1 heterocycles. The van der Waals surface area contributed by atoms with E-state index in [1.807, 2.05) is 0 Å². The van der Waals surface area contributed by atoms with Crippen molar-refractivity contribution in [3.63, 3.8) is 0 Å². The lowest BCUT2D eigenvalue weighted by Crippen LogP contribution is -2.60. The first kappa shape index (κ1) is 15.3. The van der Waals surface area contributed by atoms with Crippen LogP contribution in [0.2, 0.25) is 6.82 Å². The van der Waals surface area contributed by atoms with E-state index in [4.69, 9.17) is 0 Å². The summed E-state index contributed by atoms with van der Waals surface area (Å²) in [6.45, 7) is 15.4. The molecule has 2 rings (SSSR count). The molecular formula is C15H31BN3. The molecule has 0 spiro atoms. The van der Waals surface area contributed by atoms with Gasteiger partial charge in [0.1, 0.15) is 0 Å². The number of rotatable bonds is 6. The number of nitrogens with zero attached hydrogens (tertiary/aromatic N) is 3. The van der Waals surface area contributed by atoms with Gasteiger partial charge in [-0.25, -0.2) is 0 Å². The maximum Gasteiger partial charge on any atom is 0.205 e. The Hall–Kier alpha value is -0.0551. The SMILES string of the molecule is C[B]N1CCN(C2(CN(CC)CC)CCCC2)CC1. The zero-order valence-corrected chi connectivity index (χ0v) is 13.2. The third kappa shape index (κ3) is 3.53. The van der Waals surface area contributed by atoms with Gasteiger partial charge < -0.3 is 9.71 Å². The fourth-order valence-corrected chi connectivity index (χ4v) is 3.93. The van der Waals surface area contributed by atoms with Crippen molar-refractivity contribution in [2.75, 3.05) is 45.8 Å². The first-order valence-corrected chi connectivity index (χ1v) is 8.25. The summed E-state index contributed by atoms with van der Waals surface area (Å²) in [5.74, 6) is 0. The highest BCUT2D eigenvalue weighted by molar-refractivity contribution is 6.29. The van der Waals surface area contributed by atoms with E-state index in [1.54, 1.807) is 0 Å². The van der Waals surface area contributed by atoms with Gasteiger partial charge in [-0.2, -0.15) is 0 Å². The Labute approximate surface area is 120 Å². The molecule has 4 heteroatoms. The molecule has 19 heavy (non-hydrogen) atoms. The summed E-state index contributed by atoms with van der Waals surface area (Å²) in [4.78, 5) is 7.92. The zero-order valence-electron chi connectivity index (χ0n) is 13.2. The van der Waals surface area contributed by atoms with E-state index >= 15 is 0 Å². The molecule has 1 radical (unpaired) electrons. The van der Waals surface area contributed by atoms with Crippen LogP contribution in [0, 0.1) is 0 Å². The number of piperazine rings is 1. The highest BCUT2D eigenvalue weighted by Gasteiger charge is 2.41. The van der Waals surface area contributed by atoms with Gasteiger partial charge in [-0.05, 0) is 39.0 Å². The van der Waals surface area contributed by atoms with Crippen molar-refractivity contribution in [3.8, 4) is 0 Å². The molecule has 0 unspecified atom stereocenters. The third-order valence-corrected chi connectivity index (χ3v) is 5.30. The molecule has 0 aromatic carbocycles. The van der Waals surface area contributed by atoms with Crippen LogP contribution >= 0.6 is 0 Å². The average molecular weight is 264 g/mol. The summed E-state index contributed by atoms with van der Waals surface area (Å²) < 4.78 is 0. The maximum absolute atomic E-state index is 2.82. The molecule has 3 nitrogen and oxygen atoms in total. The van der Waals surface area contributed by atoms with Crippen LogP contribution in [0.15, 0.2) is 0 Å². The Morgan fingerprint density at radius 3 is 2.05 bits per heavy atom. The topological polar surface area (TPSA) is 9.72 Å². The van der Waals surface area contributed by atoms with Gasteiger partial charge in [0.05, 0.1) is 0 Å². The van der Waals surface area contributed by atoms with E-state index in [2.05, 4.69) is 42.7 Å². The lowest BCUT2D eigenvalue weighted by Gasteiger charge is -2.48. The minimum atomic E-state index is 0.492. The summed E-state index contributed by atoms with van der Waals surface area (Å²) >= 11 is 0. The van der Waals surface area contributed by atoms with Gasteiger partial charge in [0.25, 0.3) is 0 Å². The smallest absolute Gasteiger partial charge is 0.205 e. The zero-order chi connectivity index (χ0) is 13.7. The molecule has 1 saturated heterocycles. The number of hydrogen-bond donors (Lipinski definition) is 0. The van der Waals surface area contributed by atoms with Crippen LogP contribution in [0.4, 0.5) is 0 Å². The summed E-state index contributed by atoms with van der Waals surface area (Å²) in [5.41, 5.74) is 0.492. The quantitative estimate of drug-likeness (QED) is 0.679. The van der Waals surface area contributed by atoms with E-state index in [-0.39, 0.29) is 0 Å². The highest BCUT2D eigenvalue weighted by Crippen LogP contribution is 2.36. The lowest BCUT2D eigenvalue weighted by molar-refractivity contribution is 0.0288. The highest BCUT2D eigenvalue weighted by atomic mass is 15.3. The van der Waals surface area contributed by atoms with Gasteiger partial charge in [-0.15, -0.1) is 0 Å². The Morgan fingerprint density at radius 1 is 1.00 bits per heavy atom. The first-order valence-electron chi connectivity index (χ1n) is 8.25. The first-order chi connectivity index (χ1) is 9.24. The summed E-state index contributed by atoms with van der Waals surface area (Å²) in [7, 11) is 2.25. The van der Waals surface area contributed by atoms with Crippen LogP contribution in [0.5, 0.6) is 0 Å². The molecule has 0 bridgehead atoms. The lowest BCUT2D eigenvalue weighted by atomic mass is 9.90. The summed E-state index contributed by atoms with van der Waals surface area (Å²) in [5, 5.41) is 0. The third-order valence-electron chi connectivity index (χ3n) is 5.30. The van der Waals surface area contributed by atoms with Gasteiger partial charge in [0.15, 0.2) is 0 Å². The van der Waals surface area contributed by atoms with Crippen molar-refractivity contribution in [1.29, 1.82) is 0 Å². The fraction of sp³-hybridized carbons (Fsp3) is 1.00. The molecule has 1 aliphatic carbocycles. The Bertz CT molecular complexity index is 254. The van der Waals surface area contributed by atoms with Gasteiger partial charge in [-0.1, -0.05) is 33.5 Å². The van der Waals surface area contributed by atoms with Crippen LogP contribution in [-0.2, 0) is 0 Å². The van der Waals surface area contributed by atoms with Crippen molar-refractivity contribution in [2.24, 2.45) is 0 Å². The molecule has 1 aliphatic heterocycles. The maximum atomic E-state index is 2.82. The second-order valence-electron chi connectivity index (χ2n) is 6.17. The standard InChI is InChI=1S/C15H31BN3/c1-4-17(5-2)14-15(8-6-7-9-15)18-10-12-19(16-3)13-11-18/h4-14H2,1-3H3. The van der Waals surface area contributed by atoms with Crippen molar-refractivity contribution >= 4 is 7.41 Å². The van der Waals surface area contributed by atoms with Gasteiger partial charge in [-0.3, -0.25) is 4.90 Å². The van der Waals surface area contributed by atoms with E-state index < -0.39 is 0 Å². The molecular weight excluding hydrogens is 233 g/mol. The van der Waals surface area contributed by atoms with Crippen LogP contribution in [0.3, 0.4) is 0 Å². The van der Waals surface area contributed by atoms with Crippen molar-refractivity contribution in [1.82, 2.24) is 14.6 Å². The predicted octanol–water partition coefficient (Wildman–Crippen LogP) is 1.93. The van der Waals surface area contributed by atoms with Crippen molar-refractivity contribution in [3.05, 3.63) is 0 Å². The molecule has 0 aromatic rings. The summed E-state index contributed by atoms with van der Waals surface area (Å²) in [6, 6.07) is 0. The number of hydrogen-bond acceptors (Lipinski definition) is 3. The second kappa shape index (κ2) is 7.10. The molecule has 0 amide bonds. The minimum absolute atomic E-state index is 0.492. The normalized spacial score (nSPS) is 25.1. The van der Waals surface area contributed by atoms with Gasteiger partial charge in [0, 0.05) is 25.2 Å². The van der Waals surface area contributed by atoms with E-state index in [9.17, 15) is 0 Å². The Kier molecular flexibility index (Phi) is 5.73. The van der Waals surface area contributed by atoms with Gasteiger partial charge >= 0.3 is 0 Å². The van der Waals surface area contributed by atoms with Crippen LogP contribution in [0.1, 0.15) is 39.5 Å². The van der Waals surface area contributed by atoms with E-state index in [1.165, 1.54) is 71.5 Å². The second-order valence-corrected chi connectivity index (χ2v) is 6.17. The Balaban J connectivity index is 1.99. The Morgan fingerprint density at radius 2 is 1.58 bits per heavy atom. The molecule has 0 N–H and O–H groups in total. The molecule has 109 valence electrons. The fourth-order valence-electron chi connectivity index (χ4n) is 3.93. The monoisotopic (exact) mass is 264 g/mol. The molecule has 0 atom stereocenters. The molecule has 1 saturated carbocycles. The predicted molar refractivity (Wildman–Crippen MR) is 83.8 cm³/mol. The largest absolute Gasteiger partial charge is 0.345 e. The molecule has 2 fully saturated rings. The molecule has 0 aromatic heterocycles. The average Bonchev–Trinajstić information content (AvgIpc) is 2.94. The van der Waals surface area contributed by atoms with Crippen LogP contribution in [-0.4, -0.2) is 73.4 Å².